The van der Waals surface area contributed by atoms with E-state index in [9.17, 15) is 0 Å². The van der Waals surface area contributed by atoms with E-state index in [-0.39, 0.29) is 29.6 Å². The Kier molecular flexibility index (Phi) is 18.1. The van der Waals surface area contributed by atoms with Gasteiger partial charge in [-0.05, 0) is 12.5 Å². The Bertz CT molecular complexity index is 9.61. The van der Waals surface area contributed by atoms with Crippen LogP contribution in [-0.2, 0) is 0 Å². The Hall–Kier alpha value is 1.70. The predicted octanol–water partition coefficient (Wildman–Crippen LogP) is 0.979. The van der Waals surface area contributed by atoms with E-state index in [1.165, 1.54) is 0 Å². The van der Waals surface area contributed by atoms with Gasteiger partial charge < -0.3 is 0 Å². The van der Waals surface area contributed by atoms with Gasteiger partial charge in [0.25, 0.3) is 0 Å². The standard InChI is InChI=1S/C2H6S2.Na.H/c1-3-4-2;;/h1-2H3;;. The van der Waals surface area contributed by atoms with Crippen LogP contribution in [0, 0.1) is 0 Å². The zero-order chi connectivity index (χ0) is 3.41. The summed E-state index contributed by atoms with van der Waals surface area (Å²) in [5.41, 5.74) is 0. The number of hydrogen-bond donors (Lipinski definition) is 0. The fraction of sp³-hybridized carbons (Fsp3) is 1.00. The average molecular weight is 118 g/mol. The molecule has 0 N–H and O–H groups in total. The second kappa shape index (κ2) is 9.20. The van der Waals surface area contributed by atoms with Crippen LogP contribution in [0.25, 0.3) is 0 Å². The van der Waals surface area contributed by atoms with Crippen molar-refractivity contribution >= 4 is 51.1 Å². The summed E-state index contributed by atoms with van der Waals surface area (Å²) in [6.07, 6.45) is 4.12. The van der Waals surface area contributed by atoms with Crippen LogP contribution < -0.4 is 0 Å². The average Bonchev–Trinajstić information content (AvgIpc) is 1.37. The van der Waals surface area contributed by atoms with Crippen molar-refractivity contribution in [2.45, 2.75) is 0 Å². The number of hydrogen-bond acceptors (Lipinski definition) is 2. The molecule has 0 aliphatic heterocycles. The first kappa shape index (κ1) is 9.85. The monoisotopic (exact) mass is 118 g/mol. The molecule has 0 aromatic heterocycles. The molecule has 0 aromatic rings. The van der Waals surface area contributed by atoms with Gasteiger partial charge in [0.15, 0.2) is 0 Å². The van der Waals surface area contributed by atoms with Gasteiger partial charge in [-0.15, -0.1) is 0 Å². The molecule has 0 amide bonds. The van der Waals surface area contributed by atoms with E-state index in [2.05, 4.69) is 12.5 Å². The van der Waals surface area contributed by atoms with Crippen LogP contribution >= 0.6 is 21.6 Å². The fourth-order valence-corrected chi connectivity index (χ4v) is 0. The molecule has 0 unspecified atom stereocenters. The Morgan fingerprint density at radius 3 is 1.20 bits per heavy atom. The van der Waals surface area contributed by atoms with Gasteiger partial charge in [0.1, 0.15) is 0 Å². The van der Waals surface area contributed by atoms with Gasteiger partial charge in [0.05, 0.1) is 0 Å². The summed E-state index contributed by atoms with van der Waals surface area (Å²) in [6.45, 7) is 0. The Balaban J connectivity index is 0. The van der Waals surface area contributed by atoms with Gasteiger partial charge >= 0.3 is 29.6 Å². The van der Waals surface area contributed by atoms with Crippen LogP contribution in [0.4, 0.5) is 0 Å². The third-order valence-corrected chi connectivity index (χ3v) is 1.50. The molecule has 0 atom stereocenters. The van der Waals surface area contributed by atoms with Crippen LogP contribution in [-0.4, -0.2) is 42.1 Å². The van der Waals surface area contributed by atoms with E-state index < -0.39 is 0 Å². The van der Waals surface area contributed by atoms with Gasteiger partial charge in [-0.2, -0.15) is 0 Å². The summed E-state index contributed by atoms with van der Waals surface area (Å²) in [6, 6.07) is 0. The second-order valence-electron chi connectivity index (χ2n) is 0.333. The fourth-order valence-electron chi connectivity index (χ4n) is 0. The van der Waals surface area contributed by atoms with Crippen molar-refractivity contribution in [2.24, 2.45) is 0 Å². The molecule has 0 spiro atoms. The first-order valence-corrected chi connectivity index (χ1v) is 3.95. The maximum absolute atomic E-state index is 2.06. The SMILES string of the molecule is CSSC.[NaH]. The molecular formula is C2H7NaS2. The maximum atomic E-state index is 2.06. The summed E-state index contributed by atoms with van der Waals surface area (Å²) in [5.74, 6) is 0. The molecule has 28 valence electrons. The summed E-state index contributed by atoms with van der Waals surface area (Å²) >= 11 is 0. The minimum absolute atomic E-state index is 0. The molecule has 0 radical (unpaired) electrons. The van der Waals surface area contributed by atoms with Crippen molar-refractivity contribution in [3.63, 3.8) is 0 Å². The molecule has 0 nitrogen and oxygen atoms in total. The predicted molar refractivity (Wildman–Crippen MR) is 34.2 cm³/mol. The van der Waals surface area contributed by atoms with E-state index >= 15 is 0 Å². The topological polar surface area (TPSA) is 0 Å². The molecule has 0 aliphatic carbocycles. The first-order chi connectivity index (χ1) is 1.91. The Labute approximate surface area is 63.2 Å². The van der Waals surface area contributed by atoms with Crippen LogP contribution in [0.1, 0.15) is 0 Å². The van der Waals surface area contributed by atoms with Gasteiger partial charge in [-0.3, -0.25) is 0 Å². The van der Waals surface area contributed by atoms with Gasteiger partial charge in [0, 0.05) is 0 Å². The normalized spacial score (nSPS) is 6.00. The third-order valence-electron chi connectivity index (χ3n) is 0.167. The molecule has 3 heteroatoms. The van der Waals surface area contributed by atoms with E-state index in [0.29, 0.717) is 0 Å². The summed E-state index contributed by atoms with van der Waals surface area (Å²) < 4.78 is 0. The molecule has 0 saturated carbocycles. The van der Waals surface area contributed by atoms with Crippen molar-refractivity contribution in [3.8, 4) is 0 Å². The molecule has 5 heavy (non-hydrogen) atoms. The molecular weight excluding hydrogens is 111 g/mol. The molecule has 0 fully saturated rings. The van der Waals surface area contributed by atoms with Crippen molar-refractivity contribution in [2.75, 3.05) is 12.5 Å². The van der Waals surface area contributed by atoms with Crippen molar-refractivity contribution in [1.29, 1.82) is 0 Å². The summed E-state index contributed by atoms with van der Waals surface area (Å²) in [7, 11) is 3.55. The van der Waals surface area contributed by atoms with E-state index in [0.717, 1.165) is 0 Å². The van der Waals surface area contributed by atoms with E-state index in [1.807, 2.05) is 0 Å². The Morgan fingerprint density at radius 1 is 1.00 bits per heavy atom. The van der Waals surface area contributed by atoms with Crippen molar-refractivity contribution in [1.82, 2.24) is 0 Å². The summed E-state index contributed by atoms with van der Waals surface area (Å²) in [5, 5.41) is 0. The van der Waals surface area contributed by atoms with Crippen LogP contribution in [0.15, 0.2) is 0 Å². The molecule has 0 rings (SSSR count). The van der Waals surface area contributed by atoms with Crippen molar-refractivity contribution in [3.05, 3.63) is 0 Å². The zero-order valence-electron chi connectivity index (χ0n) is 2.82. The molecule has 0 aliphatic rings. The molecule has 0 saturated heterocycles. The minimum atomic E-state index is 0. The van der Waals surface area contributed by atoms with E-state index in [4.69, 9.17) is 0 Å². The Morgan fingerprint density at radius 2 is 1.20 bits per heavy atom. The van der Waals surface area contributed by atoms with Gasteiger partial charge in [0.2, 0.25) is 0 Å². The molecule has 0 heterocycles. The van der Waals surface area contributed by atoms with Crippen molar-refractivity contribution < 1.29 is 0 Å². The summed E-state index contributed by atoms with van der Waals surface area (Å²) in [4.78, 5) is 0. The van der Waals surface area contributed by atoms with Gasteiger partial charge in [-0.25, -0.2) is 0 Å². The third kappa shape index (κ3) is 10.7. The van der Waals surface area contributed by atoms with Crippen LogP contribution in [0.3, 0.4) is 0 Å². The van der Waals surface area contributed by atoms with Crippen LogP contribution in [0.2, 0.25) is 0 Å². The molecule has 0 aromatic carbocycles. The first-order valence-electron chi connectivity index (χ1n) is 0.983. The number of rotatable bonds is 1. The van der Waals surface area contributed by atoms with Crippen LogP contribution in [0.5, 0.6) is 0 Å². The quantitative estimate of drug-likeness (QED) is 0.372. The van der Waals surface area contributed by atoms with E-state index in [1.54, 1.807) is 21.6 Å². The van der Waals surface area contributed by atoms with Gasteiger partial charge in [-0.1, -0.05) is 21.6 Å². The molecule has 0 bridgehead atoms. The zero-order valence-corrected chi connectivity index (χ0v) is 4.45. The second-order valence-corrected chi connectivity index (χ2v) is 3.00.